The van der Waals surface area contributed by atoms with Crippen LogP contribution in [-0.2, 0) is 6.42 Å². The zero-order valence-corrected chi connectivity index (χ0v) is 18.9. The van der Waals surface area contributed by atoms with Crippen LogP contribution in [0.25, 0.3) is 0 Å². The maximum atomic E-state index is 13.2. The fourth-order valence-electron chi connectivity index (χ4n) is 4.12. The van der Waals surface area contributed by atoms with Gasteiger partial charge in [-0.2, -0.15) is 0 Å². The molecule has 0 radical (unpaired) electrons. The third kappa shape index (κ3) is 4.57. The number of carbonyl (C=O) groups excluding carboxylic acids is 1. The quantitative estimate of drug-likeness (QED) is 0.467. The number of hydrogen-bond donors (Lipinski definition) is 1. The number of fused-ring (bicyclic) bond motifs is 1. The molecular formula is C27H30N2O3. The molecule has 0 aliphatic carbocycles. The summed E-state index contributed by atoms with van der Waals surface area (Å²) >= 11 is 0. The lowest BCUT2D eigenvalue weighted by atomic mass is 10.0. The normalized spacial score (nSPS) is 15.3. The Balaban J connectivity index is 1.50. The van der Waals surface area contributed by atoms with Crippen molar-refractivity contribution in [2.75, 3.05) is 19.0 Å². The Labute approximate surface area is 190 Å². The summed E-state index contributed by atoms with van der Waals surface area (Å²) in [5.41, 5.74) is 3.80. The van der Waals surface area contributed by atoms with Crippen LogP contribution in [0.15, 0.2) is 72.8 Å². The van der Waals surface area contributed by atoms with Crippen molar-refractivity contribution in [3.8, 4) is 11.5 Å². The molecule has 1 aliphatic rings. The molecule has 5 nitrogen and oxygen atoms in total. The summed E-state index contributed by atoms with van der Waals surface area (Å²) in [6.45, 7) is 4.67. The standard InChI is InChI=1S/C27H30N2O3/c1-19(2)29-26(28-23-14-8-7-13-22(23)27(29)30)21-15-16-24(25(18-21)31-3)32-17-9-12-20-10-5-4-6-11-20/h4-8,10-11,13-16,18-19,26,28H,9,12,17H2,1-3H3. The van der Waals surface area contributed by atoms with E-state index in [0.29, 0.717) is 23.7 Å². The fraction of sp³-hybridized carbons (Fsp3) is 0.296. The lowest BCUT2D eigenvalue weighted by molar-refractivity contribution is 0.0616. The van der Waals surface area contributed by atoms with Gasteiger partial charge in [-0.05, 0) is 62.1 Å². The minimum Gasteiger partial charge on any atom is -0.493 e. The highest BCUT2D eigenvalue weighted by Gasteiger charge is 2.34. The van der Waals surface area contributed by atoms with Gasteiger partial charge in [-0.3, -0.25) is 4.79 Å². The molecule has 1 N–H and O–H groups in total. The van der Waals surface area contributed by atoms with E-state index in [1.54, 1.807) is 7.11 Å². The number of methoxy groups -OCH3 is 1. The zero-order valence-electron chi connectivity index (χ0n) is 18.9. The highest BCUT2D eigenvalue weighted by Crippen LogP contribution is 2.37. The van der Waals surface area contributed by atoms with Gasteiger partial charge in [0.25, 0.3) is 5.91 Å². The van der Waals surface area contributed by atoms with Gasteiger partial charge in [0, 0.05) is 11.7 Å². The lowest BCUT2D eigenvalue weighted by Crippen LogP contribution is -2.46. The summed E-state index contributed by atoms with van der Waals surface area (Å²) in [6.07, 6.45) is 1.61. The third-order valence-electron chi connectivity index (χ3n) is 5.73. The van der Waals surface area contributed by atoms with Gasteiger partial charge in [-0.1, -0.05) is 48.5 Å². The topological polar surface area (TPSA) is 50.8 Å². The van der Waals surface area contributed by atoms with Gasteiger partial charge in [0.15, 0.2) is 11.5 Å². The van der Waals surface area contributed by atoms with Crippen molar-refractivity contribution in [2.45, 2.75) is 38.9 Å². The molecule has 1 atom stereocenters. The van der Waals surface area contributed by atoms with E-state index in [2.05, 4.69) is 29.6 Å². The highest BCUT2D eigenvalue weighted by atomic mass is 16.5. The largest absolute Gasteiger partial charge is 0.493 e. The monoisotopic (exact) mass is 430 g/mol. The molecule has 4 rings (SSSR count). The SMILES string of the molecule is COc1cc(C2Nc3ccccc3C(=O)N2C(C)C)ccc1OCCCc1ccccc1. The minimum atomic E-state index is -0.279. The number of rotatable bonds is 8. The number of hydrogen-bond acceptors (Lipinski definition) is 4. The molecule has 0 spiro atoms. The summed E-state index contributed by atoms with van der Waals surface area (Å²) in [7, 11) is 1.64. The van der Waals surface area contributed by atoms with E-state index in [1.807, 2.05) is 67.3 Å². The van der Waals surface area contributed by atoms with E-state index in [1.165, 1.54) is 5.56 Å². The predicted octanol–water partition coefficient (Wildman–Crippen LogP) is 5.68. The van der Waals surface area contributed by atoms with Crippen LogP contribution in [0, 0.1) is 0 Å². The molecule has 0 fully saturated rings. The molecule has 0 aromatic heterocycles. The van der Waals surface area contributed by atoms with E-state index in [0.717, 1.165) is 24.1 Å². The first-order chi connectivity index (χ1) is 15.6. The Morgan fingerprint density at radius 3 is 2.47 bits per heavy atom. The second-order valence-corrected chi connectivity index (χ2v) is 8.25. The summed E-state index contributed by atoms with van der Waals surface area (Å²) in [4.78, 5) is 15.1. The summed E-state index contributed by atoms with van der Waals surface area (Å²) in [6, 6.07) is 24.0. The number of nitrogens with one attached hydrogen (secondary N) is 1. The van der Waals surface area contributed by atoms with Gasteiger partial charge in [0.1, 0.15) is 6.17 Å². The molecule has 1 aliphatic heterocycles. The smallest absolute Gasteiger partial charge is 0.258 e. The van der Waals surface area contributed by atoms with Crippen LogP contribution in [-0.4, -0.2) is 30.6 Å². The van der Waals surface area contributed by atoms with Crippen molar-refractivity contribution in [1.82, 2.24) is 4.90 Å². The predicted molar refractivity (Wildman–Crippen MR) is 127 cm³/mol. The van der Waals surface area contributed by atoms with E-state index < -0.39 is 0 Å². The van der Waals surface area contributed by atoms with Crippen LogP contribution in [0.5, 0.6) is 11.5 Å². The third-order valence-corrected chi connectivity index (χ3v) is 5.73. The first-order valence-corrected chi connectivity index (χ1v) is 11.1. The Bertz CT molecular complexity index is 1070. The number of carbonyl (C=O) groups is 1. The van der Waals surface area contributed by atoms with Gasteiger partial charge in [0.05, 0.1) is 19.3 Å². The van der Waals surface area contributed by atoms with E-state index in [9.17, 15) is 4.79 Å². The van der Waals surface area contributed by atoms with E-state index >= 15 is 0 Å². The number of nitrogens with zero attached hydrogens (tertiary/aromatic N) is 1. The lowest BCUT2D eigenvalue weighted by Gasteiger charge is -2.40. The van der Waals surface area contributed by atoms with E-state index in [-0.39, 0.29) is 18.1 Å². The molecule has 0 bridgehead atoms. The molecule has 3 aromatic carbocycles. The molecule has 3 aromatic rings. The molecule has 5 heteroatoms. The van der Waals surface area contributed by atoms with Gasteiger partial charge < -0.3 is 19.7 Å². The van der Waals surface area contributed by atoms with E-state index in [4.69, 9.17) is 9.47 Å². The fourth-order valence-corrected chi connectivity index (χ4v) is 4.12. The Hall–Kier alpha value is -3.47. The molecule has 0 saturated carbocycles. The van der Waals surface area contributed by atoms with Gasteiger partial charge in [-0.25, -0.2) is 0 Å². The molecule has 1 amide bonds. The van der Waals surface area contributed by atoms with Crippen molar-refractivity contribution in [3.63, 3.8) is 0 Å². The first-order valence-electron chi connectivity index (χ1n) is 11.1. The van der Waals surface area contributed by atoms with Crippen LogP contribution in [0.4, 0.5) is 5.69 Å². The Morgan fingerprint density at radius 1 is 0.969 bits per heavy atom. The van der Waals surface area contributed by atoms with Gasteiger partial charge in [-0.15, -0.1) is 0 Å². The number of ether oxygens (including phenoxy) is 2. The maximum absolute atomic E-state index is 13.2. The molecule has 1 unspecified atom stereocenters. The Kier molecular flexibility index (Phi) is 6.64. The number of benzene rings is 3. The van der Waals surface area contributed by atoms with Crippen molar-refractivity contribution >= 4 is 11.6 Å². The molecule has 0 saturated heterocycles. The minimum absolute atomic E-state index is 0.0274. The van der Waals surface area contributed by atoms with Gasteiger partial charge >= 0.3 is 0 Å². The van der Waals surface area contributed by atoms with Gasteiger partial charge in [0.2, 0.25) is 0 Å². The van der Waals surface area contributed by atoms with Crippen molar-refractivity contribution in [3.05, 3.63) is 89.5 Å². The highest BCUT2D eigenvalue weighted by molar-refractivity contribution is 6.01. The second-order valence-electron chi connectivity index (χ2n) is 8.25. The van der Waals surface area contributed by atoms with Crippen LogP contribution >= 0.6 is 0 Å². The Morgan fingerprint density at radius 2 is 1.72 bits per heavy atom. The summed E-state index contributed by atoms with van der Waals surface area (Å²) in [5, 5.41) is 3.53. The summed E-state index contributed by atoms with van der Waals surface area (Å²) < 4.78 is 11.6. The number of anilines is 1. The summed E-state index contributed by atoms with van der Waals surface area (Å²) in [5.74, 6) is 1.40. The average Bonchev–Trinajstić information content (AvgIpc) is 2.82. The molecule has 166 valence electrons. The molecule has 1 heterocycles. The molecule has 32 heavy (non-hydrogen) atoms. The number of amides is 1. The van der Waals surface area contributed by atoms with Crippen molar-refractivity contribution < 1.29 is 14.3 Å². The zero-order chi connectivity index (χ0) is 22.5. The van der Waals surface area contributed by atoms with Crippen molar-refractivity contribution in [1.29, 1.82) is 0 Å². The van der Waals surface area contributed by atoms with Crippen LogP contribution < -0.4 is 14.8 Å². The number of para-hydroxylation sites is 1. The van der Waals surface area contributed by atoms with Crippen molar-refractivity contribution in [2.24, 2.45) is 0 Å². The molecular weight excluding hydrogens is 400 g/mol. The van der Waals surface area contributed by atoms with Crippen LogP contribution in [0.1, 0.15) is 47.9 Å². The number of aryl methyl sites for hydroxylation is 1. The second kappa shape index (κ2) is 9.77. The first kappa shape index (κ1) is 21.8. The maximum Gasteiger partial charge on any atom is 0.258 e. The van der Waals surface area contributed by atoms with Crippen LogP contribution in [0.2, 0.25) is 0 Å². The van der Waals surface area contributed by atoms with Crippen LogP contribution in [0.3, 0.4) is 0 Å². The average molecular weight is 431 g/mol.